The number of hydrogen-bond donors (Lipinski definition) is 3. The van der Waals surface area contributed by atoms with Crippen LogP contribution in [0.5, 0.6) is 0 Å². The fraction of sp³-hybridized carbons (Fsp3) is 0.846. The quantitative estimate of drug-likeness (QED) is 0.666. The Hall–Kier alpha value is -1.10. The molecule has 0 saturated carbocycles. The maximum atomic E-state index is 12.4. The predicted molar refractivity (Wildman–Crippen MR) is 69.3 cm³/mol. The fourth-order valence-electron chi connectivity index (χ4n) is 2.32. The van der Waals surface area contributed by atoms with E-state index < -0.39 is 11.5 Å². The van der Waals surface area contributed by atoms with Gasteiger partial charge in [0.15, 0.2) is 0 Å². The second kappa shape index (κ2) is 5.69. The van der Waals surface area contributed by atoms with Crippen LogP contribution in [0.15, 0.2) is 0 Å². The number of carbonyl (C=O) groups excluding carboxylic acids is 1. The molecule has 1 amide bonds. The second-order valence-corrected chi connectivity index (χ2v) is 5.79. The van der Waals surface area contributed by atoms with Crippen LogP contribution in [0.4, 0.5) is 0 Å². The number of rotatable bonds is 6. The molecule has 5 heteroatoms. The van der Waals surface area contributed by atoms with Crippen molar-refractivity contribution < 1.29 is 14.7 Å². The molecule has 1 fully saturated rings. The van der Waals surface area contributed by atoms with E-state index in [4.69, 9.17) is 5.11 Å². The van der Waals surface area contributed by atoms with E-state index >= 15 is 0 Å². The van der Waals surface area contributed by atoms with Crippen molar-refractivity contribution >= 4 is 11.9 Å². The van der Waals surface area contributed by atoms with Crippen LogP contribution >= 0.6 is 0 Å². The Balaban J connectivity index is 2.59. The third kappa shape index (κ3) is 3.70. The molecule has 5 nitrogen and oxygen atoms in total. The second-order valence-electron chi connectivity index (χ2n) is 5.79. The highest BCUT2D eigenvalue weighted by Gasteiger charge is 2.41. The van der Waals surface area contributed by atoms with Crippen molar-refractivity contribution in [1.29, 1.82) is 0 Å². The van der Waals surface area contributed by atoms with Crippen molar-refractivity contribution in [2.24, 2.45) is 5.41 Å². The zero-order valence-electron chi connectivity index (χ0n) is 11.5. The third-order valence-corrected chi connectivity index (χ3v) is 3.82. The molecule has 1 saturated heterocycles. The molecule has 1 aliphatic heterocycles. The summed E-state index contributed by atoms with van der Waals surface area (Å²) >= 11 is 0. The smallest absolute Gasteiger partial charge is 0.303 e. The summed E-state index contributed by atoms with van der Waals surface area (Å²) in [6.45, 7) is 7.36. The van der Waals surface area contributed by atoms with Crippen LogP contribution in [0.1, 0.15) is 46.5 Å². The van der Waals surface area contributed by atoms with Gasteiger partial charge in [-0.15, -0.1) is 0 Å². The summed E-state index contributed by atoms with van der Waals surface area (Å²) in [5, 5.41) is 14.9. The molecule has 3 N–H and O–H groups in total. The first-order chi connectivity index (χ1) is 8.31. The topological polar surface area (TPSA) is 78.4 Å². The van der Waals surface area contributed by atoms with E-state index in [1.54, 1.807) is 0 Å². The lowest BCUT2D eigenvalue weighted by molar-refractivity contribution is -0.138. The molecule has 1 aliphatic rings. The Bertz CT molecular complexity index is 320. The van der Waals surface area contributed by atoms with Gasteiger partial charge in [-0.25, -0.2) is 0 Å². The van der Waals surface area contributed by atoms with Crippen LogP contribution in [0.25, 0.3) is 0 Å². The van der Waals surface area contributed by atoms with Gasteiger partial charge in [0.05, 0.1) is 5.41 Å². The summed E-state index contributed by atoms with van der Waals surface area (Å²) in [5.41, 5.74) is -0.791. The van der Waals surface area contributed by atoms with E-state index in [1.165, 1.54) is 0 Å². The van der Waals surface area contributed by atoms with E-state index in [1.807, 2.05) is 20.8 Å². The Kier molecular flexibility index (Phi) is 4.73. The molecule has 1 unspecified atom stereocenters. The number of carbonyl (C=O) groups is 2. The standard InChI is InChI=1S/C13H24N2O3/c1-4-13(7-8-14-9-13)11(18)15-12(2,3)6-5-10(16)17/h14H,4-9H2,1-3H3,(H,15,18)(H,16,17). The molecule has 1 atom stereocenters. The SMILES string of the molecule is CCC1(C(=O)NC(C)(C)CCC(=O)O)CCNC1. The van der Waals surface area contributed by atoms with Gasteiger partial charge in [-0.1, -0.05) is 6.92 Å². The number of nitrogens with one attached hydrogen (secondary N) is 2. The van der Waals surface area contributed by atoms with Gasteiger partial charge in [-0.2, -0.15) is 0 Å². The van der Waals surface area contributed by atoms with Crippen molar-refractivity contribution in [3.8, 4) is 0 Å². The zero-order valence-corrected chi connectivity index (χ0v) is 11.5. The molecule has 0 spiro atoms. The zero-order chi connectivity index (χ0) is 13.8. The summed E-state index contributed by atoms with van der Waals surface area (Å²) in [4.78, 5) is 22.9. The normalized spacial score (nSPS) is 23.9. The van der Waals surface area contributed by atoms with Gasteiger partial charge in [0.2, 0.25) is 5.91 Å². The van der Waals surface area contributed by atoms with E-state index in [2.05, 4.69) is 10.6 Å². The van der Waals surface area contributed by atoms with Crippen molar-refractivity contribution in [3.05, 3.63) is 0 Å². The van der Waals surface area contributed by atoms with Gasteiger partial charge < -0.3 is 15.7 Å². The van der Waals surface area contributed by atoms with E-state index in [9.17, 15) is 9.59 Å². The molecule has 18 heavy (non-hydrogen) atoms. The number of aliphatic carboxylic acids is 1. The molecule has 1 rings (SSSR count). The fourth-order valence-corrected chi connectivity index (χ4v) is 2.32. The minimum atomic E-state index is -0.829. The Labute approximate surface area is 108 Å². The van der Waals surface area contributed by atoms with Crippen LogP contribution < -0.4 is 10.6 Å². The van der Waals surface area contributed by atoms with Gasteiger partial charge in [-0.05, 0) is 39.7 Å². The lowest BCUT2D eigenvalue weighted by atomic mass is 9.82. The molecule has 0 aromatic heterocycles. The van der Waals surface area contributed by atoms with Crippen molar-refractivity contribution in [3.63, 3.8) is 0 Å². The number of amides is 1. The first-order valence-corrected chi connectivity index (χ1v) is 6.56. The van der Waals surface area contributed by atoms with Crippen LogP contribution in [-0.2, 0) is 9.59 Å². The van der Waals surface area contributed by atoms with Crippen LogP contribution in [-0.4, -0.2) is 35.6 Å². The van der Waals surface area contributed by atoms with E-state index in [0.29, 0.717) is 13.0 Å². The monoisotopic (exact) mass is 256 g/mol. The number of hydrogen-bond acceptors (Lipinski definition) is 3. The number of carboxylic acids is 1. The first kappa shape index (κ1) is 15.0. The summed E-state index contributed by atoms with van der Waals surface area (Å²) in [6, 6.07) is 0. The largest absolute Gasteiger partial charge is 0.481 e. The van der Waals surface area contributed by atoms with Crippen molar-refractivity contribution in [1.82, 2.24) is 10.6 Å². The van der Waals surface area contributed by atoms with Crippen molar-refractivity contribution in [2.75, 3.05) is 13.1 Å². The molecule has 0 radical (unpaired) electrons. The Morgan fingerprint density at radius 2 is 2.11 bits per heavy atom. The maximum Gasteiger partial charge on any atom is 0.303 e. The van der Waals surface area contributed by atoms with Crippen LogP contribution in [0, 0.1) is 5.41 Å². The van der Waals surface area contributed by atoms with Crippen LogP contribution in [0.3, 0.4) is 0 Å². The molecular formula is C13H24N2O3. The van der Waals surface area contributed by atoms with Gasteiger partial charge >= 0.3 is 5.97 Å². The lowest BCUT2D eigenvalue weighted by Crippen LogP contribution is -2.51. The molecule has 0 aromatic rings. The molecule has 0 aromatic carbocycles. The highest BCUT2D eigenvalue weighted by atomic mass is 16.4. The average molecular weight is 256 g/mol. The van der Waals surface area contributed by atoms with Crippen LogP contribution in [0.2, 0.25) is 0 Å². The highest BCUT2D eigenvalue weighted by Crippen LogP contribution is 2.30. The summed E-state index contributed by atoms with van der Waals surface area (Å²) in [6.07, 6.45) is 2.18. The van der Waals surface area contributed by atoms with Gasteiger partial charge in [0.25, 0.3) is 0 Å². The van der Waals surface area contributed by atoms with Gasteiger partial charge in [0, 0.05) is 18.5 Å². The van der Waals surface area contributed by atoms with Crippen molar-refractivity contribution in [2.45, 2.75) is 52.0 Å². The summed E-state index contributed by atoms with van der Waals surface area (Å²) in [7, 11) is 0. The lowest BCUT2D eigenvalue weighted by Gasteiger charge is -2.32. The maximum absolute atomic E-state index is 12.4. The summed E-state index contributed by atoms with van der Waals surface area (Å²) < 4.78 is 0. The highest BCUT2D eigenvalue weighted by molar-refractivity contribution is 5.84. The van der Waals surface area contributed by atoms with Gasteiger partial charge in [-0.3, -0.25) is 9.59 Å². The Morgan fingerprint density at radius 3 is 2.56 bits per heavy atom. The van der Waals surface area contributed by atoms with E-state index in [-0.39, 0.29) is 17.7 Å². The minimum absolute atomic E-state index is 0.0467. The molecule has 0 aliphatic carbocycles. The predicted octanol–water partition coefficient (Wildman–Crippen LogP) is 1.14. The third-order valence-electron chi connectivity index (χ3n) is 3.82. The molecule has 1 heterocycles. The van der Waals surface area contributed by atoms with E-state index in [0.717, 1.165) is 19.4 Å². The Morgan fingerprint density at radius 1 is 1.44 bits per heavy atom. The molecule has 104 valence electrons. The molecule has 0 bridgehead atoms. The van der Waals surface area contributed by atoms with Gasteiger partial charge in [0.1, 0.15) is 0 Å². The number of carboxylic acid groups (broad SMARTS) is 1. The first-order valence-electron chi connectivity index (χ1n) is 6.56. The average Bonchev–Trinajstić information content (AvgIpc) is 2.76. The summed E-state index contributed by atoms with van der Waals surface area (Å²) in [5.74, 6) is -0.782. The molecular weight excluding hydrogens is 232 g/mol. The minimum Gasteiger partial charge on any atom is -0.481 e.